The van der Waals surface area contributed by atoms with Crippen LogP contribution in [0.25, 0.3) is 11.5 Å². The number of hydrogen-bond acceptors (Lipinski definition) is 5. The first kappa shape index (κ1) is 17.4. The van der Waals surface area contributed by atoms with Crippen molar-refractivity contribution in [2.24, 2.45) is 0 Å². The van der Waals surface area contributed by atoms with Gasteiger partial charge in [0.2, 0.25) is 0 Å². The fraction of sp³-hybridized carbons (Fsp3) is 0.0667. The minimum Gasteiger partial charge on any atom is -0.334 e. The predicted octanol–water partition coefficient (Wildman–Crippen LogP) is 4.36. The molecule has 0 fully saturated rings. The molecule has 5 nitrogen and oxygen atoms in total. The van der Waals surface area contributed by atoms with E-state index < -0.39 is 11.7 Å². The van der Waals surface area contributed by atoms with Crippen molar-refractivity contribution in [2.45, 2.75) is 6.18 Å². The molecule has 0 aliphatic rings. The minimum atomic E-state index is -4.36. The van der Waals surface area contributed by atoms with Gasteiger partial charge in [-0.3, -0.25) is 4.98 Å². The van der Waals surface area contributed by atoms with Crippen molar-refractivity contribution >= 4 is 11.6 Å². The van der Waals surface area contributed by atoms with Crippen molar-refractivity contribution in [2.75, 3.05) is 0 Å². The number of nitrogens with zero attached hydrogens (tertiary/aromatic N) is 4. The van der Waals surface area contributed by atoms with Gasteiger partial charge in [-0.15, -0.1) is 0 Å². The molecule has 0 N–H and O–H groups in total. The molecular weight excluding hydrogens is 345 g/mol. The van der Waals surface area contributed by atoms with Crippen molar-refractivity contribution < 1.29 is 17.7 Å². The molecule has 0 saturated carbocycles. The van der Waals surface area contributed by atoms with E-state index in [-0.39, 0.29) is 5.02 Å². The largest absolute Gasteiger partial charge is 0.417 e. The van der Waals surface area contributed by atoms with Crippen molar-refractivity contribution in [1.82, 2.24) is 15.1 Å². The van der Waals surface area contributed by atoms with Gasteiger partial charge in [0.25, 0.3) is 5.89 Å². The number of pyridine rings is 1. The Labute approximate surface area is 139 Å². The molecule has 0 bridgehead atoms. The fourth-order valence-corrected chi connectivity index (χ4v) is 1.76. The summed E-state index contributed by atoms with van der Waals surface area (Å²) in [5.41, 5.74) is 0.511. The van der Waals surface area contributed by atoms with Crippen LogP contribution >= 0.6 is 11.6 Å². The highest BCUT2D eigenvalue weighted by atomic mass is 35.5. The van der Waals surface area contributed by atoms with Gasteiger partial charge in [-0.1, -0.05) is 22.8 Å². The average molecular weight is 353 g/mol. The van der Waals surface area contributed by atoms with Crippen LogP contribution in [0.1, 0.15) is 11.1 Å². The van der Waals surface area contributed by atoms with Crippen LogP contribution in [0.3, 0.4) is 0 Å². The van der Waals surface area contributed by atoms with E-state index in [0.717, 1.165) is 24.0 Å². The SMILES string of the molecule is FC(F)(F)c1cncc(Cl)c1.N#Cc1cccc(-c2ncno2)c1. The zero-order valence-electron chi connectivity index (χ0n) is 11.8. The monoisotopic (exact) mass is 352 g/mol. The van der Waals surface area contributed by atoms with E-state index in [1.54, 1.807) is 18.2 Å². The molecule has 0 atom stereocenters. The lowest BCUT2D eigenvalue weighted by molar-refractivity contribution is -0.137. The molecule has 2 aromatic heterocycles. The Bertz CT molecular complexity index is 844. The maximum atomic E-state index is 11.9. The van der Waals surface area contributed by atoms with E-state index >= 15 is 0 Å². The fourth-order valence-electron chi connectivity index (χ4n) is 1.59. The molecular formula is C15H8ClF3N4O. The summed E-state index contributed by atoms with van der Waals surface area (Å²) in [7, 11) is 0. The lowest BCUT2D eigenvalue weighted by Crippen LogP contribution is -2.04. The normalized spacial score (nSPS) is 10.5. The van der Waals surface area contributed by atoms with Gasteiger partial charge in [-0.05, 0) is 24.3 Å². The molecule has 0 amide bonds. The molecule has 0 spiro atoms. The van der Waals surface area contributed by atoms with Crippen molar-refractivity contribution in [1.29, 1.82) is 5.26 Å². The zero-order chi connectivity index (χ0) is 17.6. The smallest absolute Gasteiger partial charge is 0.334 e. The summed E-state index contributed by atoms with van der Waals surface area (Å²) in [6.45, 7) is 0. The number of benzene rings is 1. The highest BCUT2D eigenvalue weighted by molar-refractivity contribution is 6.30. The van der Waals surface area contributed by atoms with Gasteiger partial charge in [0.15, 0.2) is 6.33 Å². The second kappa shape index (κ2) is 7.57. The van der Waals surface area contributed by atoms with Crippen LogP contribution in [0.5, 0.6) is 0 Å². The second-order valence-corrected chi connectivity index (χ2v) is 4.77. The van der Waals surface area contributed by atoms with Gasteiger partial charge < -0.3 is 4.52 Å². The van der Waals surface area contributed by atoms with Crippen LogP contribution < -0.4 is 0 Å². The summed E-state index contributed by atoms with van der Waals surface area (Å²) in [4.78, 5) is 7.17. The van der Waals surface area contributed by atoms with E-state index in [0.29, 0.717) is 11.5 Å². The second-order valence-electron chi connectivity index (χ2n) is 4.33. The van der Waals surface area contributed by atoms with Crippen LogP contribution in [-0.2, 0) is 6.18 Å². The topological polar surface area (TPSA) is 75.6 Å². The molecule has 0 unspecified atom stereocenters. The maximum Gasteiger partial charge on any atom is 0.417 e. The molecule has 2 heterocycles. The van der Waals surface area contributed by atoms with Gasteiger partial charge in [-0.2, -0.15) is 23.4 Å². The van der Waals surface area contributed by atoms with Gasteiger partial charge in [0.05, 0.1) is 22.2 Å². The summed E-state index contributed by atoms with van der Waals surface area (Å²) in [6.07, 6.45) is -1.16. The molecule has 0 aliphatic carbocycles. The standard InChI is InChI=1S/C9H5N3O.C6H3ClF3N/c10-5-7-2-1-3-8(4-7)9-11-6-12-13-9;7-5-1-4(2-11-3-5)6(8,9)10/h1-4,6H;1-3H. The number of halogens is 4. The first-order valence-corrected chi connectivity index (χ1v) is 6.73. The Morgan fingerprint density at radius 1 is 1.17 bits per heavy atom. The van der Waals surface area contributed by atoms with Gasteiger partial charge >= 0.3 is 6.18 Å². The molecule has 3 aromatic rings. The van der Waals surface area contributed by atoms with Crippen LogP contribution in [0.2, 0.25) is 5.02 Å². The molecule has 0 aliphatic heterocycles. The van der Waals surface area contributed by atoms with Crippen LogP contribution in [-0.4, -0.2) is 15.1 Å². The number of hydrogen-bond donors (Lipinski definition) is 0. The summed E-state index contributed by atoms with van der Waals surface area (Å²) in [5, 5.41) is 12.1. The molecule has 122 valence electrons. The summed E-state index contributed by atoms with van der Waals surface area (Å²) in [5.74, 6) is 0.428. The molecule has 9 heteroatoms. The highest BCUT2D eigenvalue weighted by Gasteiger charge is 2.30. The first-order valence-electron chi connectivity index (χ1n) is 6.35. The van der Waals surface area contributed by atoms with Crippen molar-refractivity contribution in [3.63, 3.8) is 0 Å². The summed E-state index contributed by atoms with van der Waals surface area (Å²) >= 11 is 5.29. The van der Waals surface area contributed by atoms with E-state index in [2.05, 4.69) is 15.1 Å². The Hall–Kier alpha value is -2.92. The lowest BCUT2D eigenvalue weighted by Gasteiger charge is -2.04. The Morgan fingerprint density at radius 3 is 2.50 bits per heavy atom. The van der Waals surface area contributed by atoms with E-state index in [4.69, 9.17) is 21.4 Å². The maximum absolute atomic E-state index is 11.9. The van der Waals surface area contributed by atoms with Gasteiger partial charge in [-0.25, -0.2) is 0 Å². The molecule has 0 saturated heterocycles. The third kappa shape index (κ3) is 4.79. The average Bonchev–Trinajstić information content (AvgIpc) is 3.09. The predicted molar refractivity (Wildman–Crippen MR) is 78.7 cm³/mol. The minimum absolute atomic E-state index is 0.0141. The molecule has 1 aromatic carbocycles. The Balaban J connectivity index is 0.000000177. The van der Waals surface area contributed by atoms with E-state index in [9.17, 15) is 13.2 Å². The zero-order valence-corrected chi connectivity index (χ0v) is 12.6. The summed E-state index contributed by atoms with van der Waals surface area (Å²) in [6, 6.07) is 9.88. The third-order valence-electron chi connectivity index (χ3n) is 2.63. The summed E-state index contributed by atoms with van der Waals surface area (Å²) < 4.78 is 40.5. The quantitative estimate of drug-likeness (QED) is 0.650. The number of alkyl halides is 3. The molecule has 3 rings (SSSR count). The van der Waals surface area contributed by atoms with Crippen LogP contribution in [0.15, 0.2) is 53.6 Å². The highest BCUT2D eigenvalue weighted by Crippen LogP contribution is 2.29. The lowest BCUT2D eigenvalue weighted by atomic mass is 10.1. The Morgan fingerprint density at radius 2 is 1.96 bits per heavy atom. The van der Waals surface area contributed by atoms with E-state index in [1.165, 1.54) is 6.33 Å². The van der Waals surface area contributed by atoms with Gasteiger partial charge in [0.1, 0.15) is 0 Å². The number of rotatable bonds is 1. The van der Waals surface area contributed by atoms with Crippen molar-refractivity contribution in [3.05, 3.63) is 65.2 Å². The molecule has 24 heavy (non-hydrogen) atoms. The Kier molecular flexibility index (Phi) is 5.50. The van der Waals surface area contributed by atoms with Gasteiger partial charge in [0, 0.05) is 18.0 Å². The van der Waals surface area contributed by atoms with Crippen LogP contribution in [0.4, 0.5) is 13.2 Å². The first-order chi connectivity index (χ1) is 11.4. The number of aromatic nitrogens is 3. The number of nitriles is 1. The molecule has 0 radical (unpaired) electrons. The van der Waals surface area contributed by atoms with Crippen LogP contribution in [0, 0.1) is 11.3 Å². The van der Waals surface area contributed by atoms with Crippen molar-refractivity contribution in [3.8, 4) is 17.5 Å². The van der Waals surface area contributed by atoms with E-state index in [1.807, 2.05) is 12.1 Å². The third-order valence-corrected chi connectivity index (χ3v) is 2.84.